The normalized spacial score (nSPS) is 24.1. The molecule has 1 saturated carbocycles. The second-order valence-electron chi connectivity index (χ2n) is 10.1. The Morgan fingerprint density at radius 2 is 2.00 bits per heavy atom. The van der Waals surface area contributed by atoms with Crippen molar-refractivity contribution in [3.63, 3.8) is 0 Å². The van der Waals surface area contributed by atoms with Gasteiger partial charge in [-0.1, -0.05) is 42.4 Å². The number of hydrogen-bond acceptors (Lipinski definition) is 6. The first-order valence-electron chi connectivity index (χ1n) is 11.8. The Hall–Kier alpha value is -4.12. The van der Waals surface area contributed by atoms with E-state index in [1.807, 2.05) is 48.8 Å². The van der Waals surface area contributed by atoms with E-state index in [-0.39, 0.29) is 5.41 Å². The number of anilines is 1. The summed E-state index contributed by atoms with van der Waals surface area (Å²) in [6.45, 7) is 3.42. The number of carbonyl (C=O) groups is 1. The van der Waals surface area contributed by atoms with Crippen molar-refractivity contribution in [3.05, 3.63) is 66.5 Å². The van der Waals surface area contributed by atoms with E-state index in [1.54, 1.807) is 17.0 Å². The van der Waals surface area contributed by atoms with Crippen LogP contribution in [-0.4, -0.2) is 32.9 Å². The number of hydrogen-bond donors (Lipinski definition) is 0. The molecule has 3 heterocycles. The average Bonchev–Trinajstić information content (AvgIpc) is 3.57. The lowest BCUT2D eigenvalue weighted by Gasteiger charge is -2.43. The Labute approximate surface area is 202 Å². The van der Waals surface area contributed by atoms with E-state index in [1.165, 1.54) is 0 Å². The Bertz CT molecular complexity index is 1450. The van der Waals surface area contributed by atoms with Gasteiger partial charge in [0.25, 0.3) is 0 Å². The zero-order chi connectivity index (χ0) is 24.0. The number of ether oxygens (including phenoxy) is 1. The third-order valence-electron chi connectivity index (χ3n) is 7.27. The van der Waals surface area contributed by atoms with Crippen molar-refractivity contribution in [1.82, 2.24) is 14.7 Å². The molecule has 35 heavy (non-hydrogen) atoms. The molecule has 2 unspecified atom stereocenters. The van der Waals surface area contributed by atoms with Gasteiger partial charge in [0.05, 0.1) is 35.5 Å². The highest BCUT2D eigenvalue weighted by Gasteiger charge is 2.52. The largest absolute Gasteiger partial charge is 0.441 e. The molecule has 1 aliphatic carbocycles. The van der Waals surface area contributed by atoms with Gasteiger partial charge >= 0.3 is 6.09 Å². The minimum atomic E-state index is -0.571. The second-order valence-corrected chi connectivity index (χ2v) is 10.1. The van der Waals surface area contributed by atoms with Gasteiger partial charge in [0, 0.05) is 18.2 Å². The van der Waals surface area contributed by atoms with Crippen LogP contribution < -0.4 is 4.90 Å². The summed E-state index contributed by atoms with van der Waals surface area (Å²) in [7, 11) is 0. The summed E-state index contributed by atoms with van der Waals surface area (Å²) in [5.74, 6) is 0.405. The van der Waals surface area contributed by atoms with E-state index >= 15 is 0 Å². The van der Waals surface area contributed by atoms with Crippen LogP contribution in [0.1, 0.15) is 38.2 Å². The Kier molecular flexibility index (Phi) is 4.88. The average molecular weight is 468 g/mol. The van der Waals surface area contributed by atoms with Crippen molar-refractivity contribution in [1.29, 1.82) is 5.26 Å². The van der Waals surface area contributed by atoms with E-state index in [0.29, 0.717) is 23.7 Å². The standard InChI is InChI=1S/C27H25N5O3/c1-26(16-31-18-29-21-9-8-19(14-28)12-23(21)31)10-5-11-27(15-26)17-32(25(33)34-27)24-13-22(30-35-24)20-6-3-2-4-7-20/h2-4,6-9,12-13,18H,5,10-11,15-17H2,1H3. The zero-order valence-electron chi connectivity index (χ0n) is 19.5. The quantitative estimate of drug-likeness (QED) is 0.391. The molecule has 0 N–H and O–H groups in total. The van der Waals surface area contributed by atoms with Gasteiger partial charge < -0.3 is 13.8 Å². The maximum Gasteiger partial charge on any atom is 0.417 e. The van der Waals surface area contributed by atoms with Gasteiger partial charge in [0.2, 0.25) is 5.88 Å². The van der Waals surface area contributed by atoms with E-state index < -0.39 is 11.7 Å². The van der Waals surface area contributed by atoms with Gasteiger partial charge in [-0.25, -0.2) is 14.7 Å². The van der Waals surface area contributed by atoms with E-state index in [0.717, 1.165) is 48.8 Å². The van der Waals surface area contributed by atoms with Crippen LogP contribution in [0, 0.1) is 16.7 Å². The van der Waals surface area contributed by atoms with Crippen LogP contribution >= 0.6 is 0 Å². The number of nitrogens with zero attached hydrogens (tertiary/aromatic N) is 5. The number of amides is 1. The molecular weight excluding hydrogens is 442 g/mol. The van der Waals surface area contributed by atoms with Crippen LogP contribution in [0.3, 0.4) is 0 Å². The first kappa shape index (κ1) is 21.4. The number of fused-ring (bicyclic) bond motifs is 1. The van der Waals surface area contributed by atoms with Crippen LogP contribution in [0.4, 0.5) is 10.7 Å². The maximum absolute atomic E-state index is 12.9. The fourth-order valence-electron chi connectivity index (χ4n) is 5.74. The van der Waals surface area contributed by atoms with Gasteiger partial charge in [0.15, 0.2) is 0 Å². The highest BCUT2D eigenvalue weighted by atomic mass is 16.6. The molecule has 4 aromatic rings. The summed E-state index contributed by atoms with van der Waals surface area (Å²) in [4.78, 5) is 19.0. The van der Waals surface area contributed by atoms with Crippen LogP contribution in [0.5, 0.6) is 0 Å². The van der Waals surface area contributed by atoms with Crippen LogP contribution in [-0.2, 0) is 11.3 Å². The SMILES string of the molecule is CC1(Cn2cnc3ccc(C#N)cc32)CCCC2(CN(c3cc(-c4ccccc4)no3)C(=O)O2)C1. The van der Waals surface area contributed by atoms with Gasteiger partial charge in [-0.3, -0.25) is 0 Å². The lowest BCUT2D eigenvalue weighted by molar-refractivity contribution is -0.0264. The molecule has 1 saturated heterocycles. The lowest BCUT2D eigenvalue weighted by atomic mass is 9.68. The molecule has 1 amide bonds. The van der Waals surface area contributed by atoms with Crippen molar-refractivity contribution in [3.8, 4) is 17.3 Å². The summed E-state index contributed by atoms with van der Waals surface area (Å²) >= 11 is 0. The highest BCUT2D eigenvalue weighted by molar-refractivity contribution is 5.89. The minimum Gasteiger partial charge on any atom is -0.441 e. The summed E-state index contributed by atoms with van der Waals surface area (Å²) in [5, 5.41) is 13.5. The predicted molar refractivity (Wildman–Crippen MR) is 130 cm³/mol. The molecular formula is C27H25N5O3. The van der Waals surface area contributed by atoms with Crippen molar-refractivity contribution in [2.45, 2.75) is 44.8 Å². The Morgan fingerprint density at radius 3 is 2.83 bits per heavy atom. The summed E-state index contributed by atoms with van der Waals surface area (Å²) in [6.07, 6.45) is 4.97. The lowest BCUT2D eigenvalue weighted by Crippen LogP contribution is -2.45. The first-order valence-corrected chi connectivity index (χ1v) is 11.8. The minimum absolute atomic E-state index is 0.0958. The molecule has 2 aromatic carbocycles. The Morgan fingerprint density at radius 1 is 1.14 bits per heavy atom. The third kappa shape index (κ3) is 3.83. The van der Waals surface area contributed by atoms with E-state index in [2.05, 4.69) is 27.7 Å². The molecule has 2 atom stereocenters. The van der Waals surface area contributed by atoms with Gasteiger partial charge in [-0.15, -0.1) is 0 Å². The van der Waals surface area contributed by atoms with Crippen molar-refractivity contribution in [2.24, 2.45) is 5.41 Å². The molecule has 2 aliphatic rings. The number of imidazole rings is 1. The number of benzene rings is 2. The number of rotatable bonds is 4. The summed E-state index contributed by atoms with van der Waals surface area (Å²) in [5.41, 5.74) is 3.39. The molecule has 0 bridgehead atoms. The van der Waals surface area contributed by atoms with E-state index in [4.69, 9.17) is 9.26 Å². The smallest absolute Gasteiger partial charge is 0.417 e. The Balaban J connectivity index is 1.23. The maximum atomic E-state index is 12.9. The molecule has 176 valence electrons. The van der Waals surface area contributed by atoms with E-state index in [9.17, 15) is 10.1 Å². The van der Waals surface area contributed by atoms with Crippen LogP contribution in [0.2, 0.25) is 0 Å². The predicted octanol–water partition coefficient (Wildman–Crippen LogP) is 5.54. The first-order chi connectivity index (χ1) is 17.0. The number of nitriles is 1. The van der Waals surface area contributed by atoms with Gasteiger partial charge in [-0.05, 0) is 49.3 Å². The summed E-state index contributed by atoms with van der Waals surface area (Å²) in [6, 6.07) is 19.3. The molecule has 8 nitrogen and oxygen atoms in total. The van der Waals surface area contributed by atoms with Crippen LogP contribution in [0.25, 0.3) is 22.3 Å². The fourth-order valence-corrected chi connectivity index (χ4v) is 5.74. The van der Waals surface area contributed by atoms with Gasteiger partial charge in [-0.2, -0.15) is 5.26 Å². The van der Waals surface area contributed by atoms with Crippen LogP contribution in [0.15, 0.2) is 65.4 Å². The highest BCUT2D eigenvalue weighted by Crippen LogP contribution is 2.48. The molecule has 2 aromatic heterocycles. The molecule has 0 radical (unpaired) electrons. The molecule has 1 aliphatic heterocycles. The third-order valence-corrected chi connectivity index (χ3v) is 7.27. The monoisotopic (exact) mass is 467 g/mol. The number of aromatic nitrogens is 3. The fraction of sp³-hybridized carbons (Fsp3) is 0.333. The summed E-state index contributed by atoms with van der Waals surface area (Å²) < 4.78 is 13.7. The van der Waals surface area contributed by atoms with Crippen molar-refractivity contribution >= 4 is 23.0 Å². The topological polar surface area (TPSA) is 97.2 Å². The molecule has 6 rings (SSSR count). The second kappa shape index (κ2) is 7.98. The molecule has 8 heteroatoms. The van der Waals surface area contributed by atoms with Crippen molar-refractivity contribution < 1.29 is 14.1 Å². The zero-order valence-corrected chi connectivity index (χ0v) is 19.5. The molecule has 1 spiro atoms. The number of carbonyl (C=O) groups excluding carboxylic acids is 1. The van der Waals surface area contributed by atoms with Crippen molar-refractivity contribution in [2.75, 3.05) is 11.4 Å². The van der Waals surface area contributed by atoms with Gasteiger partial charge in [0.1, 0.15) is 11.3 Å². The molecule has 2 fully saturated rings.